The summed E-state index contributed by atoms with van der Waals surface area (Å²) in [6.45, 7) is 0.720. The zero-order valence-electron chi connectivity index (χ0n) is 18.7. The second-order valence-electron chi connectivity index (χ2n) is 7.99. The van der Waals surface area contributed by atoms with E-state index < -0.39 is 5.82 Å². The molecule has 4 aromatic rings. The fraction of sp³-hybridized carbons (Fsp3) is 0.154. The van der Waals surface area contributed by atoms with Gasteiger partial charge in [0.15, 0.2) is 11.0 Å². The summed E-state index contributed by atoms with van der Waals surface area (Å²) in [5, 5.41) is 11.8. The van der Waals surface area contributed by atoms with Crippen molar-refractivity contribution in [2.24, 2.45) is 0 Å². The lowest BCUT2D eigenvalue weighted by Gasteiger charge is -2.16. The number of carbonyl (C=O) groups excluding carboxylic acids is 2. The van der Waals surface area contributed by atoms with Gasteiger partial charge in [0.05, 0.1) is 11.3 Å². The molecular formula is C26H22FN5O2S. The largest absolute Gasteiger partial charge is 0.325 e. The van der Waals surface area contributed by atoms with Crippen LogP contribution in [0.3, 0.4) is 0 Å². The van der Waals surface area contributed by atoms with E-state index in [2.05, 4.69) is 15.5 Å². The van der Waals surface area contributed by atoms with E-state index in [1.54, 1.807) is 39.8 Å². The van der Waals surface area contributed by atoms with Crippen LogP contribution >= 0.6 is 11.8 Å². The second kappa shape index (κ2) is 10.1. The van der Waals surface area contributed by atoms with E-state index >= 15 is 0 Å². The maximum Gasteiger partial charge on any atom is 0.234 e. The number of halogens is 1. The molecule has 176 valence electrons. The summed E-state index contributed by atoms with van der Waals surface area (Å²) in [6.07, 6.45) is 1.43. The lowest BCUT2D eigenvalue weighted by Crippen LogP contribution is -2.23. The minimum Gasteiger partial charge on any atom is -0.325 e. The van der Waals surface area contributed by atoms with Crippen LogP contribution < -0.4 is 10.2 Å². The molecular weight excluding hydrogens is 465 g/mol. The van der Waals surface area contributed by atoms with Gasteiger partial charge in [-0.05, 0) is 55.0 Å². The zero-order chi connectivity index (χ0) is 24.2. The molecule has 0 unspecified atom stereocenters. The molecule has 3 aromatic carbocycles. The molecule has 1 fully saturated rings. The molecule has 0 aliphatic carbocycles. The molecule has 0 spiro atoms. The average molecular weight is 488 g/mol. The Hall–Kier alpha value is -3.98. The third-order valence-corrected chi connectivity index (χ3v) is 6.56. The van der Waals surface area contributed by atoms with Crippen LogP contribution in [0.2, 0.25) is 0 Å². The van der Waals surface area contributed by atoms with E-state index in [1.165, 1.54) is 17.8 Å². The van der Waals surface area contributed by atoms with Crippen molar-refractivity contribution in [3.63, 3.8) is 0 Å². The van der Waals surface area contributed by atoms with E-state index in [1.807, 2.05) is 42.5 Å². The normalized spacial score (nSPS) is 13.3. The van der Waals surface area contributed by atoms with Gasteiger partial charge in [0.25, 0.3) is 0 Å². The molecule has 1 aliphatic heterocycles. The Labute approximate surface area is 206 Å². The van der Waals surface area contributed by atoms with Crippen molar-refractivity contribution in [1.82, 2.24) is 14.8 Å². The number of nitrogens with zero attached hydrogens (tertiary/aromatic N) is 4. The third kappa shape index (κ3) is 4.95. The molecule has 1 N–H and O–H groups in total. The summed E-state index contributed by atoms with van der Waals surface area (Å²) in [5.41, 5.74) is 2.57. The highest BCUT2D eigenvalue weighted by atomic mass is 32.2. The molecule has 9 heteroatoms. The van der Waals surface area contributed by atoms with Gasteiger partial charge in [0.2, 0.25) is 11.8 Å². The van der Waals surface area contributed by atoms with Gasteiger partial charge in [-0.3, -0.25) is 14.2 Å². The monoisotopic (exact) mass is 487 g/mol. The van der Waals surface area contributed by atoms with Gasteiger partial charge in [-0.2, -0.15) is 0 Å². The molecule has 0 bridgehead atoms. The Kier molecular flexibility index (Phi) is 6.58. The molecule has 1 saturated heterocycles. The predicted molar refractivity (Wildman–Crippen MR) is 134 cm³/mol. The lowest BCUT2D eigenvalue weighted by molar-refractivity contribution is -0.117. The molecule has 0 radical (unpaired) electrons. The first kappa shape index (κ1) is 22.8. The summed E-state index contributed by atoms with van der Waals surface area (Å²) in [6, 6.07) is 23.0. The molecule has 1 aliphatic rings. The van der Waals surface area contributed by atoms with Crippen molar-refractivity contribution in [3.8, 4) is 17.1 Å². The number of carbonyl (C=O) groups is 2. The van der Waals surface area contributed by atoms with E-state index in [4.69, 9.17) is 0 Å². The summed E-state index contributed by atoms with van der Waals surface area (Å²) in [5.74, 6) is -0.0329. The van der Waals surface area contributed by atoms with Crippen LogP contribution in [0, 0.1) is 5.82 Å². The van der Waals surface area contributed by atoms with E-state index in [9.17, 15) is 14.0 Å². The minimum absolute atomic E-state index is 0.0919. The minimum atomic E-state index is -0.398. The van der Waals surface area contributed by atoms with Gasteiger partial charge in [-0.25, -0.2) is 4.39 Å². The van der Waals surface area contributed by atoms with Crippen molar-refractivity contribution in [2.45, 2.75) is 18.0 Å². The molecule has 7 nitrogen and oxygen atoms in total. The van der Waals surface area contributed by atoms with Crippen LogP contribution in [0.15, 0.2) is 84.0 Å². The molecule has 2 heterocycles. The lowest BCUT2D eigenvalue weighted by atomic mass is 10.2. The second-order valence-corrected chi connectivity index (χ2v) is 8.93. The highest BCUT2D eigenvalue weighted by Gasteiger charge is 2.22. The number of benzene rings is 3. The smallest absolute Gasteiger partial charge is 0.234 e. The number of aromatic nitrogens is 3. The Morgan fingerprint density at radius 2 is 1.69 bits per heavy atom. The van der Waals surface area contributed by atoms with E-state index in [-0.39, 0.29) is 17.6 Å². The van der Waals surface area contributed by atoms with Crippen molar-refractivity contribution >= 4 is 35.0 Å². The Morgan fingerprint density at radius 3 is 2.40 bits per heavy atom. The Bertz CT molecular complexity index is 1360. The quantitative estimate of drug-likeness (QED) is 0.374. The van der Waals surface area contributed by atoms with Crippen LogP contribution in [0.25, 0.3) is 17.1 Å². The number of thioether (sulfide) groups is 1. The molecule has 0 atom stereocenters. The van der Waals surface area contributed by atoms with Crippen molar-refractivity contribution in [1.29, 1.82) is 0 Å². The van der Waals surface area contributed by atoms with Crippen LogP contribution in [-0.2, 0) is 9.59 Å². The van der Waals surface area contributed by atoms with Crippen LogP contribution in [0.1, 0.15) is 12.8 Å². The number of anilines is 2. The number of hydrogen-bond acceptors (Lipinski definition) is 5. The first-order valence-electron chi connectivity index (χ1n) is 11.2. The van der Waals surface area contributed by atoms with Crippen LogP contribution in [-0.4, -0.2) is 38.9 Å². The summed E-state index contributed by atoms with van der Waals surface area (Å²) >= 11 is 1.22. The summed E-state index contributed by atoms with van der Waals surface area (Å²) in [4.78, 5) is 26.3. The van der Waals surface area contributed by atoms with Crippen molar-refractivity contribution < 1.29 is 14.0 Å². The van der Waals surface area contributed by atoms with E-state index in [0.717, 1.165) is 24.3 Å². The Balaban J connectivity index is 1.31. The topological polar surface area (TPSA) is 80.1 Å². The highest BCUT2D eigenvalue weighted by Crippen LogP contribution is 2.29. The van der Waals surface area contributed by atoms with Crippen LogP contribution in [0.4, 0.5) is 15.8 Å². The summed E-state index contributed by atoms with van der Waals surface area (Å²) < 4.78 is 16.3. The van der Waals surface area contributed by atoms with Gasteiger partial charge in [0, 0.05) is 30.0 Å². The zero-order valence-corrected chi connectivity index (χ0v) is 19.5. The van der Waals surface area contributed by atoms with E-state index in [0.29, 0.717) is 28.7 Å². The molecule has 5 rings (SSSR count). The first-order valence-corrected chi connectivity index (χ1v) is 12.2. The van der Waals surface area contributed by atoms with Gasteiger partial charge in [-0.15, -0.1) is 10.2 Å². The van der Waals surface area contributed by atoms with Gasteiger partial charge in [0.1, 0.15) is 5.82 Å². The molecule has 1 aromatic heterocycles. The van der Waals surface area contributed by atoms with Crippen LogP contribution in [0.5, 0.6) is 0 Å². The maximum atomic E-state index is 14.5. The van der Waals surface area contributed by atoms with Gasteiger partial charge < -0.3 is 10.2 Å². The molecule has 0 saturated carbocycles. The average Bonchev–Trinajstić information content (AvgIpc) is 3.50. The molecule has 35 heavy (non-hydrogen) atoms. The number of rotatable bonds is 7. The van der Waals surface area contributed by atoms with Crippen molar-refractivity contribution in [3.05, 3.63) is 84.7 Å². The van der Waals surface area contributed by atoms with Gasteiger partial charge >= 0.3 is 0 Å². The summed E-state index contributed by atoms with van der Waals surface area (Å²) in [7, 11) is 0. The highest BCUT2D eigenvalue weighted by molar-refractivity contribution is 7.99. The predicted octanol–water partition coefficient (Wildman–Crippen LogP) is 4.93. The fourth-order valence-electron chi connectivity index (χ4n) is 3.96. The molecule has 2 amide bonds. The Morgan fingerprint density at radius 1 is 0.943 bits per heavy atom. The number of amides is 2. The first-order chi connectivity index (χ1) is 17.1. The maximum absolute atomic E-state index is 14.5. The fourth-order valence-corrected chi connectivity index (χ4v) is 4.72. The SMILES string of the molecule is O=C(CSc1nnc(-c2ccccc2F)n1-c1ccccc1)Nc1ccc(N2CCCC2=O)cc1. The number of para-hydroxylation sites is 1. The standard InChI is InChI=1S/C26H22FN5O2S/c27-22-10-5-4-9-21(22)25-29-30-26(32(25)20-7-2-1-3-8-20)35-17-23(33)28-18-12-14-19(15-13-18)31-16-6-11-24(31)34/h1-5,7-10,12-15H,6,11,16-17H2,(H,28,33). The van der Waals surface area contributed by atoms with Crippen molar-refractivity contribution in [2.75, 3.05) is 22.5 Å². The van der Waals surface area contributed by atoms with Gasteiger partial charge in [-0.1, -0.05) is 42.1 Å². The number of nitrogens with one attached hydrogen (secondary N) is 1. The third-order valence-electron chi connectivity index (χ3n) is 5.63. The number of hydrogen-bond donors (Lipinski definition) is 1.